The first-order chi connectivity index (χ1) is 13.8. The zero-order chi connectivity index (χ0) is 20.6. The lowest BCUT2D eigenvalue weighted by Gasteiger charge is -2.31. The summed E-state index contributed by atoms with van der Waals surface area (Å²) in [6, 6.07) is 8.11. The van der Waals surface area contributed by atoms with Crippen molar-refractivity contribution in [1.82, 2.24) is 9.97 Å². The summed E-state index contributed by atoms with van der Waals surface area (Å²) in [6.07, 6.45) is 6.18. The van der Waals surface area contributed by atoms with Crippen LogP contribution >= 0.6 is 0 Å². The highest BCUT2D eigenvalue weighted by Crippen LogP contribution is 2.38. The van der Waals surface area contributed by atoms with Crippen molar-refractivity contribution in [2.45, 2.75) is 44.2 Å². The zero-order valence-corrected chi connectivity index (χ0v) is 16.1. The number of nitrogens with two attached hydrogens (primary N) is 2. The monoisotopic (exact) mass is 393 g/mol. The quantitative estimate of drug-likeness (QED) is 0.682. The Morgan fingerprint density at radius 2 is 1.93 bits per heavy atom. The van der Waals surface area contributed by atoms with Gasteiger partial charge < -0.3 is 15.6 Å². The fraction of sp³-hybridized carbons (Fsp3) is 0.333. The minimum Gasteiger partial charge on any atom is -0.478 e. The van der Waals surface area contributed by atoms with Crippen LogP contribution in [0.1, 0.15) is 49.7 Å². The second kappa shape index (κ2) is 7.29. The third kappa shape index (κ3) is 3.84. The molecule has 0 saturated heterocycles. The summed E-state index contributed by atoms with van der Waals surface area (Å²) in [5.41, 5.74) is 15.1. The summed E-state index contributed by atoms with van der Waals surface area (Å²) < 4.78 is 5.82. The zero-order valence-electron chi connectivity index (χ0n) is 16.1. The normalized spacial score (nSPS) is 23.6. The predicted octanol–water partition coefficient (Wildman–Crippen LogP) is 2.92. The van der Waals surface area contributed by atoms with Crippen LogP contribution in [-0.4, -0.2) is 32.5 Å². The number of anilines is 1. The SMILES string of the molecule is CC1(N)Oc2ncnc(N)c2N=C1c1ccc(C2CCC(=CC(=O)O)CC2)cc1. The van der Waals surface area contributed by atoms with Gasteiger partial charge in [-0.2, -0.15) is 4.98 Å². The van der Waals surface area contributed by atoms with Crippen LogP contribution in [0.25, 0.3) is 0 Å². The molecule has 1 saturated carbocycles. The minimum atomic E-state index is -1.14. The first-order valence-electron chi connectivity index (χ1n) is 9.54. The van der Waals surface area contributed by atoms with Gasteiger partial charge in [0.05, 0.1) is 0 Å². The summed E-state index contributed by atoms with van der Waals surface area (Å²) in [7, 11) is 0. The molecule has 0 radical (unpaired) electrons. The summed E-state index contributed by atoms with van der Waals surface area (Å²) in [5.74, 6) is 0.0617. The van der Waals surface area contributed by atoms with Crippen LogP contribution in [0.5, 0.6) is 5.88 Å². The smallest absolute Gasteiger partial charge is 0.328 e. The predicted molar refractivity (Wildman–Crippen MR) is 109 cm³/mol. The van der Waals surface area contributed by atoms with Crippen LogP contribution in [0.3, 0.4) is 0 Å². The first kappa shape index (κ1) is 19.1. The Morgan fingerprint density at radius 3 is 2.59 bits per heavy atom. The topological polar surface area (TPSA) is 137 Å². The fourth-order valence-corrected chi connectivity index (χ4v) is 3.93. The van der Waals surface area contributed by atoms with E-state index in [1.165, 1.54) is 18.0 Å². The molecule has 1 aliphatic carbocycles. The molecule has 1 fully saturated rings. The Morgan fingerprint density at radius 1 is 1.24 bits per heavy atom. The van der Waals surface area contributed by atoms with E-state index in [0.717, 1.165) is 36.8 Å². The van der Waals surface area contributed by atoms with Crippen LogP contribution in [0.2, 0.25) is 0 Å². The lowest BCUT2D eigenvalue weighted by Crippen LogP contribution is -2.52. The molecule has 8 heteroatoms. The van der Waals surface area contributed by atoms with Crippen molar-refractivity contribution in [3.63, 3.8) is 0 Å². The van der Waals surface area contributed by atoms with Gasteiger partial charge in [0.2, 0.25) is 11.6 Å². The van der Waals surface area contributed by atoms with E-state index in [-0.39, 0.29) is 11.7 Å². The van der Waals surface area contributed by atoms with Crippen molar-refractivity contribution in [3.8, 4) is 5.88 Å². The molecular formula is C21H23N5O3. The number of aliphatic carboxylic acids is 1. The number of carbonyl (C=O) groups is 1. The van der Waals surface area contributed by atoms with Crippen LogP contribution in [0.4, 0.5) is 11.5 Å². The Balaban J connectivity index is 1.57. The molecule has 2 heterocycles. The number of carboxylic acids is 1. The van der Waals surface area contributed by atoms with E-state index in [9.17, 15) is 4.79 Å². The number of aromatic nitrogens is 2. The van der Waals surface area contributed by atoms with E-state index in [0.29, 0.717) is 17.3 Å². The number of hydrogen-bond donors (Lipinski definition) is 3. The van der Waals surface area contributed by atoms with Gasteiger partial charge in [0.15, 0.2) is 11.5 Å². The maximum Gasteiger partial charge on any atom is 0.328 e. The standard InChI is InChI=1S/C21H23N5O3/c1-21(23)18(26-17-19(22)24-11-25-20(17)29-21)15-8-6-14(7-9-15)13-4-2-12(3-5-13)10-16(27)28/h6-11,13H,2-5,23H2,1H3,(H,27,28)(H2,22,24,25). The number of allylic oxidation sites excluding steroid dienone is 1. The molecule has 2 aliphatic rings. The van der Waals surface area contributed by atoms with Gasteiger partial charge in [-0.25, -0.2) is 14.8 Å². The van der Waals surface area contributed by atoms with Gasteiger partial charge in [-0.15, -0.1) is 0 Å². The van der Waals surface area contributed by atoms with Crippen molar-refractivity contribution < 1.29 is 14.6 Å². The first-order valence-corrected chi connectivity index (χ1v) is 9.54. The molecule has 1 aliphatic heterocycles. The van der Waals surface area contributed by atoms with Crippen LogP contribution < -0.4 is 16.2 Å². The molecule has 5 N–H and O–H groups in total. The number of carboxylic acid groups (broad SMARTS) is 1. The third-order valence-electron chi connectivity index (χ3n) is 5.43. The molecule has 4 rings (SSSR count). The van der Waals surface area contributed by atoms with Gasteiger partial charge in [0, 0.05) is 11.6 Å². The molecule has 0 spiro atoms. The molecular weight excluding hydrogens is 370 g/mol. The molecule has 1 aromatic heterocycles. The molecule has 0 bridgehead atoms. The summed E-state index contributed by atoms with van der Waals surface area (Å²) in [4.78, 5) is 23.5. The number of benzene rings is 1. The lowest BCUT2D eigenvalue weighted by molar-refractivity contribution is -0.131. The van der Waals surface area contributed by atoms with Gasteiger partial charge in [-0.05, 0) is 44.1 Å². The van der Waals surface area contributed by atoms with Gasteiger partial charge in [0.1, 0.15) is 12.0 Å². The molecule has 150 valence electrons. The molecule has 2 aromatic rings. The Bertz CT molecular complexity index is 1000. The van der Waals surface area contributed by atoms with E-state index in [4.69, 9.17) is 21.3 Å². The van der Waals surface area contributed by atoms with E-state index in [1.807, 2.05) is 12.1 Å². The van der Waals surface area contributed by atoms with E-state index >= 15 is 0 Å². The highest BCUT2D eigenvalue weighted by Gasteiger charge is 2.36. The van der Waals surface area contributed by atoms with E-state index < -0.39 is 11.7 Å². The van der Waals surface area contributed by atoms with Gasteiger partial charge >= 0.3 is 5.97 Å². The van der Waals surface area contributed by atoms with Crippen LogP contribution in [0, 0.1) is 0 Å². The molecule has 0 amide bonds. The number of nitrogen functional groups attached to an aromatic ring is 1. The number of fused-ring (bicyclic) bond motifs is 1. The van der Waals surface area contributed by atoms with Crippen molar-refractivity contribution in [3.05, 3.63) is 53.4 Å². The molecule has 1 unspecified atom stereocenters. The summed E-state index contributed by atoms with van der Waals surface area (Å²) in [6.45, 7) is 1.73. The number of ether oxygens (including phenoxy) is 1. The van der Waals surface area contributed by atoms with Crippen molar-refractivity contribution in [2.75, 3.05) is 5.73 Å². The molecule has 1 atom stereocenters. The van der Waals surface area contributed by atoms with Crippen LogP contribution in [-0.2, 0) is 4.79 Å². The highest BCUT2D eigenvalue weighted by molar-refractivity contribution is 6.09. The lowest BCUT2D eigenvalue weighted by atomic mass is 9.81. The average molecular weight is 393 g/mol. The Kier molecular flexibility index (Phi) is 4.79. The summed E-state index contributed by atoms with van der Waals surface area (Å²) >= 11 is 0. The molecule has 8 nitrogen and oxygen atoms in total. The number of nitrogens with zero attached hydrogens (tertiary/aromatic N) is 3. The Labute approximate surface area is 168 Å². The number of rotatable bonds is 3. The van der Waals surface area contributed by atoms with Crippen molar-refractivity contribution in [1.29, 1.82) is 0 Å². The highest BCUT2D eigenvalue weighted by atomic mass is 16.5. The fourth-order valence-electron chi connectivity index (χ4n) is 3.93. The second-order valence-electron chi connectivity index (χ2n) is 7.62. The average Bonchev–Trinajstić information content (AvgIpc) is 2.67. The van der Waals surface area contributed by atoms with E-state index in [1.54, 1.807) is 6.92 Å². The van der Waals surface area contributed by atoms with Gasteiger partial charge in [-0.3, -0.25) is 5.73 Å². The Hall–Kier alpha value is -3.26. The maximum absolute atomic E-state index is 10.8. The minimum absolute atomic E-state index is 0.243. The van der Waals surface area contributed by atoms with Crippen molar-refractivity contribution >= 4 is 23.2 Å². The maximum atomic E-state index is 10.8. The van der Waals surface area contributed by atoms with Gasteiger partial charge in [0.25, 0.3) is 0 Å². The summed E-state index contributed by atoms with van der Waals surface area (Å²) in [5, 5.41) is 8.90. The molecule has 1 aromatic carbocycles. The molecule has 29 heavy (non-hydrogen) atoms. The number of aliphatic imine (C=N–C) groups is 1. The third-order valence-corrected chi connectivity index (χ3v) is 5.43. The number of hydrogen-bond acceptors (Lipinski definition) is 7. The van der Waals surface area contributed by atoms with Crippen LogP contribution in [0.15, 0.2) is 47.2 Å². The van der Waals surface area contributed by atoms with E-state index in [2.05, 4.69) is 27.1 Å². The largest absolute Gasteiger partial charge is 0.478 e. The van der Waals surface area contributed by atoms with Crippen molar-refractivity contribution in [2.24, 2.45) is 10.7 Å². The van der Waals surface area contributed by atoms with Gasteiger partial charge in [-0.1, -0.05) is 29.8 Å². The second-order valence-corrected chi connectivity index (χ2v) is 7.62.